The van der Waals surface area contributed by atoms with E-state index in [0.717, 1.165) is 6.42 Å². The summed E-state index contributed by atoms with van der Waals surface area (Å²) in [5, 5.41) is 11.1. The van der Waals surface area contributed by atoms with E-state index in [1.165, 1.54) is 36.4 Å². The molecular weight excluding hydrogens is 497 g/mol. The molecule has 0 bridgehead atoms. The number of ether oxygens (including phenoxy) is 2. The summed E-state index contributed by atoms with van der Waals surface area (Å²) in [6, 6.07) is 11.8. The zero-order chi connectivity index (χ0) is 25.5. The molecule has 0 aromatic heterocycles. The van der Waals surface area contributed by atoms with Gasteiger partial charge in [0, 0.05) is 27.9 Å². The number of aromatic hydroxyl groups is 1. The zero-order valence-electron chi connectivity index (χ0n) is 19.4. The third-order valence-electron chi connectivity index (χ3n) is 5.58. The Morgan fingerprint density at radius 3 is 2.29 bits per heavy atom. The van der Waals surface area contributed by atoms with Crippen molar-refractivity contribution in [2.45, 2.75) is 39.0 Å². The van der Waals surface area contributed by atoms with Crippen LogP contribution in [0.4, 0.5) is 8.78 Å². The van der Waals surface area contributed by atoms with Crippen molar-refractivity contribution in [3.05, 3.63) is 92.5 Å². The van der Waals surface area contributed by atoms with Crippen LogP contribution in [0.1, 0.15) is 54.9 Å². The molecule has 0 radical (unpaired) electrons. The smallest absolute Gasteiger partial charge is 0.344 e. The Hall–Kier alpha value is -2.83. The lowest BCUT2D eigenvalue weighted by Gasteiger charge is -2.21. The lowest BCUT2D eigenvalue weighted by Crippen LogP contribution is -2.14. The van der Waals surface area contributed by atoms with E-state index in [-0.39, 0.29) is 52.6 Å². The van der Waals surface area contributed by atoms with Gasteiger partial charge in [-0.15, -0.1) is 0 Å². The molecule has 0 spiro atoms. The first-order valence-corrected chi connectivity index (χ1v) is 12.0. The molecule has 0 amide bonds. The van der Waals surface area contributed by atoms with Gasteiger partial charge in [-0.05, 0) is 60.4 Å². The predicted molar refractivity (Wildman–Crippen MR) is 133 cm³/mol. The third kappa shape index (κ3) is 6.65. The number of phenols is 1. The van der Waals surface area contributed by atoms with Gasteiger partial charge >= 0.3 is 5.97 Å². The maximum Gasteiger partial charge on any atom is 0.344 e. The van der Waals surface area contributed by atoms with Gasteiger partial charge in [0.2, 0.25) is 0 Å². The number of phenolic OH excluding ortho intramolecular Hbond substituents is 1. The number of halogens is 4. The molecule has 186 valence electrons. The van der Waals surface area contributed by atoms with Crippen LogP contribution < -0.4 is 4.74 Å². The van der Waals surface area contributed by atoms with Gasteiger partial charge in [0.15, 0.2) is 6.61 Å². The van der Waals surface area contributed by atoms with Gasteiger partial charge < -0.3 is 14.6 Å². The fourth-order valence-electron chi connectivity index (χ4n) is 3.92. The van der Waals surface area contributed by atoms with Crippen molar-refractivity contribution >= 4 is 29.2 Å². The monoisotopic (exact) mass is 522 g/mol. The van der Waals surface area contributed by atoms with E-state index in [1.54, 1.807) is 19.1 Å². The van der Waals surface area contributed by atoms with Crippen molar-refractivity contribution < 1.29 is 28.2 Å². The molecule has 1 unspecified atom stereocenters. The van der Waals surface area contributed by atoms with Crippen molar-refractivity contribution in [2.75, 3.05) is 13.2 Å². The lowest BCUT2D eigenvalue weighted by molar-refractivity contribution is -0.145. The number of carbonyl (C=O) groups is 1. The topological polar surface area (TPSA) is 55.8 Å². The van der Waals surface area contributed by atoms with Gasteiger partial charge in [0.1, 0.15) is 23.1 Å². The highest BCUT2D eigenvalue weighted by atomic mass is 35.5. The minimum atomic E-state index is -0.567. The average Bonchev–Trinajstić information content (AvgIpc) is 2.81. The molecule has 0 saturated heterocycles. The fraction of sp³-hybridized carbons (Fsp3) is 0.296. The van der Waals surface area contributed by atoms with Crippen LogP contribution in [0.3, 0.4) is 0 Å². The van der Waals surface area contributed by atoms with Crippen molar-refractivity contribution in [1.29, 1.82) is 0 Å². The van der Waals surface area contributed by atoms with E-state index in [2.05, 4.69) is 0 Å². The second-order valence-corrected chi connectivity index (χ2v) is 8.81. The summed E-state index contributed by atoms with van der Waals surface area (Å²) in [5.41, 5.74) is 1.63. The van der Waals surface area contributed by atoms with Crippen LogP contribution in [0, 0.1) is 11.6 Å². The molecule has 3 rings (SSSR count). The summed E-state index contributed by atoms with van der Waals surface area (Å²) >= 11 is 12.8. The van der Waals surface area contributed by atoms with Gasteiger partial charge in [-0.25, -0.2) is 13.6 Å². The molecule has 0 aliphatic carbocycles. The normalized spacial score (nSPS) is 11.8. The molecular formula is C27H26Cl2F2O4. The summed E-state index contributed by atoms with van der Waals surface area (Å²) in [6.45, 7) is 3.60. The third-order valence-corrected chi connectivity index (χ3v) is 6.25. The van der Waals surface area contributed by atoms with Gasteiger partial charge in [0.25, 0.3) is 0 Å². The fourth-order valence-corrected chi connectivity index (χ4v) is 4.53. The molecule has 0 aliphatic heterocycles. The highest BCUT2D eigenvalue weighted by Gasteiger charge is 2.24. The summed E-state index contributed by atoms with van der Waals surface area (Å²) in [4.78, 5) is 11.5. The van der Waals surface area contributed by atoms with Crippen molar-refractivity contribution in [1.82, 2.24) is 0 Å². The zero-order valence-corrected chi connectivity index (χ0v) is 20.9. The van der Waals surface area contributed by atoms with E-state index in [9.17, 15) is 14.3 Å². The van der Waals surface area contributed by atoms with Gasteiger partial charge in [0.05, 0.1) is 6.61 Å². The van der Waals surface area contributed by atoms with Gasteiger partial charge in [-0.1, -0.05) is 54.7 Å². The molecule has 4 nitrogen and oxygen atoms in total. The Bertz CT molecular complexity index is 1160. The number of carbonyl (C=O) groups excluding carboxylic acids is 1. The quantitative estimate of drug-likeness (QED) is 0.281. The minimum Gasteiger partial charge on any atom is -0.508 e. The number of esters is 1. The molecule has 0 saturated carbocycles. The Morgan fingerprint density at radius 1 is 1.03 bits per heavy atom. The Balaban J connectivity index is 1.92. The summed E-state index contributed by atoms with van der Waals surface area (Å²) < 4.78 is 39.4. The summed E-state index contributed by atoms with van der Waals surface area (Å²) in [5.74, 6) is -1.82. The SMILES string of the molecule is CCCC(c1ccc(F)cc1)c1c(O)ccc(Cc2c(Cl)cc(OCC(=O)OCC)cc2Cl)c1F. The molecule has 35 heavy (non-hydrogen) atoms. The van der Waals surface area contributed by atoms with Crippen LogP contribution in [0.15, 0.2) is 48.5 Å². The van der Waals surface area contributed by atoms with Crippen molar-refractivity contribution in [3.8, 4) is 11.5 Å². The molecule has 8 heteroatoms. The van der Waals surface area contributed by atoms with Crippen molar-refractivity contribution in [2.24, 2.45) is 0 Å². The van der Waals surface area contributed by atoms with Crippen LogP contribution in [-0.2, 0) is 16.0 Å². The Morgan fingerprint density at radius 2 is 1.69 bits per heavy atom. The van der Waals surface area contributed by atoms with Gasteiger partial charge in [-0.2, -0.15) is 0 Å². The number of rotatable bonds is 10. The van der Waals surface area contributed by atoms with Gasteiger partial charge in [-0.3, -0.25) is 0 Å². The first-order chi connectivity index (χ1) is 16.7. The predicted octanol–water partition coefficient (Wildman–Crippen LogP) is 7.44. The van der Waals surface area contributed by atoms with E-state index in [0.29, 0.717) is 23.1 Å². The second-order valence-electron chi connectivity index (χ2n) is 8.00. The summed E-state index contributed by atoms with van der Waals surface area (Å²) in [6.07, 6.45) is 1.36. The first kappa shape index (κ1) is 26.8. The van der Waals surface area contributed by atoms with E-state index in [1.807, 2.05) is 6.92 Å². The van der Waals surface area contributed by atoms with Crippen LogP contribution >= 0.6 is 23.2 Å². The lowest BCUT2D eigenvalue weighted by atomic mass is 9.85. The minimum absolute atomic E-state index is 0.0667. The van der Waals surface area contributed by atoms with Crippen molar-refractivity contribution in [3.63, 3.8) is 0 Å². The first-order valence-electron chi connectivity index (χ1n) is 11.3. The molecule has 0 aliphatic rings. The standard InChI is InChI=1S/C27H26Cl2F2O4/c1-3-5-20(16-6-9-18(30)10-7-16)26-24(32)11-8-17(27(26)31)12-21-22(28)13-19(14-23(21)29)35-15-25(33)34-4-2/h6-11,13-14,20,32H,3-5,12,15H2,1-2H3. The van der Waals surface area contributed by atoms with Crippen LogP contribution in [-0.4, -0.2) is 24.3 Å². The number of hydrogen-bond donors (Lipinski definition) is 1. The van der Waals surface area contributed by atoms with Crippen LogP contribution in [0.2, 0.25) is 10.0 Å². The number of benzene rings is 3. The molecule has 0 fully saturated rings. The maximum atomic E-state index is 15.8. The molecule has 3 aromatic rings. The van der Waals surface area contributed by atoms with Crippen LogP contribution in [0.25, 0.3) is 0 Å². The highest BCUT2D eigenvalue weighted by molar-refractivity contribution is 6.36. The van der Waals surface area contributed by atoms with E-state index < -0.39 is 17.7 Å². The highest BCUT2D eigenvalue weighted by Crippen LogP contribution is 2.39. The van der Waals surface area contributed by atoms with Crippen LogP contribution in [0.5, 0.6) is 11.5 Å². The summed E-state index contributed by atoms with van der Waals surface area (Å²) in [7, 11) is 0. The second kappa shape index (κ2) is 12.2. The average molecular weight is 523 g/mol. The van der Waals surface area contributed by atoms with E-state index in [4.69, 9.17) is 32.7 Å². The molecule has 3 aromatic carbocycles. The van der Waals surface area contributed by atoms with E-state index >= 15 is 4.39 Å². The molecule has 1 atom stereocenters. The Labute approximate surface area is 213 Å². The number of hydrogen-bond acceptors (Lipinski definition) is 4. The largest absolute Gasteiger partial charge is 0.508 e. The molecule has 0 heterocycles. The maximum absolute atomic E-state index is 15.8. The molecule has 1 N–H and O–H groups in total. The Kier molecular flexibility index (Phi) is 9.35.